The highest BCUT2D eigenvalue weighted by Crippen LogP contribution is 2.31. The van der Waals surface area contributed by atoms with Crippen LogP contribution < -0.4 is 0 Å². The van der Waals surface area contributed by atoms with Gasteiger partial charge < -0.3 is 14.3 Å². The lowest BCUT2D eigenvalue weighted by Gasteiger charge is -2.43. The predicted molar refractivity (Wildman–Crippen MR) is 91.5 cm³/mol. The summed E-state index contributed by atoms with van der Waals surface area (Å²) in [4.78, 5) is 37.1. The van der Waals surface area contributed by atoms with Crippen LogP contribution in [0.15, 0.2) is 16.7 Å². The molecule has 2 amide bonds. The second-order valence-electron chi connectivity index (χ2n) is 7.09. The summed E-state index contributed by atoms with van der Waals surface area (Å²) in [7, 11) is 0. The maximum Gasteiger partial charge on any atom is 0.272 e. The van der Waals surface area contributed by atoms with Crippen molar-refractivity contribution in [2.75, 3.05) is 19.6 Å². The molecule has 8 nitrogen and oxygen atoms in total. The Labute approximate surface area is 151 Å². The van der Waals surface area contributed by atoms with Crippen LogP contribution in [0.3, 0.4) is 0 Å². The Balaban J connectivity index is 1.37. The quantitative estimate of drug-likeness (QED) is 0.822. The van der Waals surface area contributed by atoms with Gasteiger partial charge in [0, 0.05) is 31.7 Å². The van der Waals surface area contributed by atoms with Crippen LogP contribution in [0.25, 0.3) is 0 Å². The number of aromatic nitrogens is 3. The Morgan fingerprint density at radius 1 is 1.15 bits per heavy atom. The van der Waals surface area contributed by atoms with Gasteiger partial charge in [0.15, 0.2) is 5.82 Å². The highest BCUT2D eigenvalue weighted by molar-refractivity contribution is 5.93. The molecular weight excluding hydrogens is 334 g/mol. The second kappa shape index (κ2) is 6.19. The van der Waals surface area contributed by atoms with Crippen LogP contribution in [-0.2, 0) is 4.79 Å². The zero-order valence-corrected chi connectivity index (χ0v) is 15.1. The van der Waals surface area contributed by atoms with Gasteiger partial charge in [0.2, 0.25) is 11.8 Å². The fraction of sp³-hybridized carbons (Fsp3) is 0.500. The van der Waals surface area contributed by atoms with E-state index < -0.39 is 0 Å². The van der Waals surface area contributed by atoms with E-state index in [-0.39, 0.29) is 23.8 Å². The van der Waals surface area contributed by atoms with Crippen LogP contribution in [-0.4, -0.2) is 62.4 Å². The van der Waals surface area contributed by atoms with Gasteiger partial charge in [-0.25, -0.2) is 4.98 Å². The molecule has 0 aliphatic carbocycles. The van der Waals surface area contributed by atoms with Crippen molar-refractivity contribution in [2.45, 2.75) is 39.2 Å². The van der Waals surface area contributed by atoms with E-state index in [1.54, 1.807) is 17.9 Å². The van der Waals surface area contributed by atoms with Crippen molar-refractivity contribution < 1.29 is 14.1 Å². The zero-order valence-electron chi connectivity index (χ0n) is 15.1. The second-order valence-corrected chi connectivity index (χ2v) is 7.09. The van der Waals surface area contributed by atoms with Gasteiger partial charge in [-0.05, 0) is 32.4 Å². The van der Waals surface area contributed by atoms with Gasteiger partial charge in [0.25, 0.3) is 5.91 Å². The summed E-state index contributed by atoms with van der Waals surface area (Å²) in [5.74, 6) is 1.03. The highest BCUT2D eigenvalue weighted by Gasteiger charge is 2.43. The molecule has 4 heterocycles. The van der Waals surface area contributed by atoms with Crippen LogP contribution in [0.2, 0.25) is 0 Å². The van der Waals surface area contributed by atoms with Gasteiger partial charge in [0.1, 0.15) is 5.69 Å². The van der Waals surface area contributed by atoms with Crippen molar-refractivity contribution in [3.8, 4) is 0 Å². The average Bonchev–Trinajstić information content (AvgIpc) is 3.15. The number of nitrogens with zero attached hydrogens (tertiary/aromatic N) is 5. The molecule has 2 aromatic rings. The molecule has 2 fully saturated rings. The van der Waals surface area contributed by atoms with Crippen LogP contribution in [0.5, 0.6) is 0 Å². The first-order valence-corrected chi connectivity index (χ1v) is 8.75. The number of aryl methyl sites for hydroxylation is 3. The van der Waals surface area contributed by atoms with E-state index in [4.69, 9.17) is 4.52 Å². The summed E-state index contributed by atoms with van der Waals surface area (Å²) >= 11 is 0. The number of carbonyl (C=O) groups is 2. The van der Waals surface area contributed by atoms with E-state index >= 15 is 0 Å². The van der Waals surface area contributed by atoms with Gasteiger partial charge >= 0.3 is 0 Å². The van der Waals surface area contributed by atoms with Gasteiger partial charge in [0.05, 0.1) is 12.0 Å². The number of rotatable bonds is 3. The van der Waals surface area contributed by atoms with Crippen molar-refractivity contribution in [1.29, 1.82) is 0 Å². The molecule has 1 unspecified atom stereocenters. The first kappa shape index (κ1) is 16.7. The molecule has 1 atom stereocenters. The maximum atomic E-state index is 12.5. The van der Waals surface area contributed by atoms with Gasteiger partial charge in [-0.15, -0.1) is 0 Å². The first-order chi connectivity index (χ1) is 12.4. The molecule has 0 radical (unpaired) electrons. The van der Waals surface area contributed by atoms with Gasteiger partial charge in [-0.3, -0.25) is 9.59 Å². The molecule has 0 spiro atoms. The molecule has 0 bridgehead atoms. The minimum absolute atomic E-state index is 0.0482. The molecule has 26 heavy (non-hydrogen) atoms. The lowest BCUT2D eigenvalue weighted by atomic mass is 10.1. The van der Waals surface area contributed by atoms with Crippen molar-refractivity contribution in [3.63, 3.8) is 0 Å². The molecular formula is C18H21N5O3. The number of hydrogen-bond donors (Lipinski definition) is 0. The largest absolute Gasteiger partial charge is 0.339 e. The predicted octanol–water partition coefficient (Wildman–Crippen LogP) is 1.23. The maximum absolute atomic E-state index is 12.5. The smallest absolute Gasteiger partial charge is 0.272 e. The Bertz CT molecular complexity index is 871. The topological polar surface area (TPSA) is 92.4 Å². The fourth-order valence-electron chi connectivity index (χ4n) is 3.46. The van der Waals surface area contributed by atoms with Crippen LogP contribution in [0, 0.1) is 20.8 Å². The summed E-state index contributed by atoms with van der Waals surface area (Å²) in [5.41, 5.74) is 2.38. The van der Waals surface area contributed by atoms with Crippen LogP contribution in [0.4, 0.5) is 0 Å². The molecule has 2 aliphatic rings. The summed E-state index contributed by atoms with van der Waals surface area (Å²) in [6.45, 7) is 7.26. The lowest BCUT2D eigenvalue weighted by Crippen LogP contribution is -2.61. The summed E-state index contributed by atoms with van der Waals surface area (Å²) in [6, 6.07) is 3.72. The number of hydrogen-bond acceptors (Lipinski definition) is 6. The Morgan fingerprint density at radius 2 is 1.92 bits per heavy atom. The minimum Gasteiger partial charge on any atom is -0.339 e. The Morgan fingerprint density at radius 3 is 2.58 bits per heavy atom. The zero-order chi connectivity index (χ0) is 18.4. The highest BCUT2D eigenvalue weighted by atomic mass is 16.5. The standard InChI is InChI=1S/C18H21N5O3/c1-10-4-5-15(19-11(10)2)18(25)22-8-14(9-22)23-7-13(6-16(23)24)17-20-12(3)21-26-17/h4-5,13-14H,6-9H2,1-3H3. The number of amides is 2. The Kier molecular flexibility index (Phi) is 3.97. The van der Waals surface area contributed by atoms with Crippen molar-refractivity contribution in [2.24, 2.45) is 0 Å². The third-order valence-electron chi connectivity index (χ3n) is 5.21. The number of likely N-dealkylation sites (tertiary alicyclic amines) is 2. The summed E-state index contributed by atoms with van der Waals surface area (Å²) < 4.78 is 5.20. The van der Waals surface area contributed by atoms with Gasteiger partial charge in [-0.2, -0.15) is 4.98 Å². The molecule has 0 aromatic carbocycles. The summed E-state index contributed by atoms with van der Waals surface area (Å²) in [5, 5.41) is 3.80. The third kappa shape index (κ3) is 2.85. The first-order valence-electron chi connectivity index (χ1n) is 8.75. The van der Waals surface area contributed by atoms with E-state index in [1.165, 1.54) is 0 Å². The van der Waals surface area contributed by atoms with Crippen molar-refractivity contribution >= 4 is 11.8 Å². The lowest BCUT2D eigenvalue weighted by molar-refractivity contribution is -0.132. The number of carbonyl (C=O) groups excluding carboxylic acids is 2. The molecule has 0 saturated carbocycles. The van der Waals surface area contributed by atoms with E-state index in [2.05, 4.69) is 15.1 Å². The van der Waals surface area contributed by atoms with Crippen molar-refractivity contribution in [1.82, 2.24) is 24.9 Å². The van der Waals surface area contributed by atoms with E-state index in [9.17, 15) is 9.59 Å². The fourth-order valence-corrected chi connectivity index (χ4v) is 3.46. The van der Waals surface area contributed by atoms with E-state index in [0.29, 0.717) is 43.5 Å². The molecule has 0 N–H and O–H groups in total. The molecule has 4 rings (SSSR count). The SMILES string of the molecule is Cc1noc(C2CC(=O)N(C3CN(C(=O)c4ccc(C)c(C)n4)C3)C2)n1. The van der Waals surface area contributed by atoms with E-state index in [0.717, 1.165) is 11.3 Å². The molecule has 136 valence electrons. The monoisotopic (exact) mass is 355 g/mol. The normalized spacial score (nSPS) is 20.6. The van der Waals surface area contributed by atoms with E-state index in [1.807, 2.05) is 24.8 Å². The third-order valence-corrected chi connectivity index (χ3v) is 5.21. The molecule has 8 heteroatoms. The Hall–Kier alpha value is -2.77. The van der Waals surface area contributed by atoms with Crippen LogP contribution in [0.1, 0.15) is 45.8 Å². The molecule has 2 saturated heterocycles. The average molecular weight is 355 g/mol. The number of pyridine rings is 1. The minimum atomic E-state index is -0.0833. The molecule has 2 aliphatic heterocycles. The van der Waals surface area contributed by atoms with Crippen molar-refractivity contribution in [3.05, 3.63) is 40.8 Å². The van der Waals surface area contributed by atoms with Gasteiger partial charge in [-0.1, -0.05) is 11.2 Å². The van der Waals surface area contributed by atoms with Crippen LogP contribution >= 0.6 is 0 Å². The molecule has 2 aromatic heterocycles. The summed E-state index contributed by atoms with van der Waals surface area (Å²) in [6.07, 6.45) is 0.380.